The predicted octanol–water partition coefficient (Wildman–Crippen LogP) is 1.98. The number of aromatic nitrogens is 1. The highest BCUT2D eigenvalue weighted by molar-refractivity contribution is 5.96. The third-order valence-corrected chi connectivity index (χ3v) is 3.24. The summed E-state index contributed by atoms with van der Waals surface area (Å²) in [5.74, 6) is -0.0787. The lowest BCUT2D eigenvalue weighted by Gasteiger charge is -2.17. The Balaban J connectivity index is 1.95. The number of nitro groups is 1. The van der Waals surface area contributed by atoms with Gasteiger partial charge in [-0.1, -0.05) is 12.8 Å². The molecule has 98 valence electrons. The zero-order chi connectivity index (χ0) is 13.0. The Bertz CT molecular complexity index is 434. The minimum atomic E-state index is -0.501. The van der Waals surface area contributed by atoms with Crippen molar-refractivity contribution < 1.29 is 9.72 Å². The summed E-state index contributed by atoms with van der Waals surface area (Å²) in [6.45, 7) is 2.22. The summed E-state index contributed by atoms with van der Waals surface area (Å²) in [7, 11) is 0. The summed E-state index contributed by atoms with van der Waals surface area (Å²) >= 11 is 0. The minimum absolute atomic E-state index is 0.0609. The summed E-state index contributed by atoms with van der Waals surface area (Å²) < 4.78 is 0. The lowest BCUT2D eigenvalue weighted by molar-refractivity contribution is -0.384. The van der Waals surface area contributed by atoms with Crippen LogP contribution in [0.1, 0.15) is 36.2 Å². The topological polar surface area (TPSA) is 79.2 Å². The largest absolute Gasteiger partial charge is 0.353 e. The van der Waals surface area contributed by atoms with Crippen LogP contribution in [0.5, 0.6) is 0 Å². The molecule has 0 unspecified atom stereocenters. The second-order valence-corrected chi connectivity index (χ2v) is 4.64. The van der Waals surface area contributed by atoms with Crippen LogP contribution < -0.4 is 0 Å². The molecule has 2 heterocycles. The number of hydrogen-bond acceptors (Lipinski definition) is 4. The molecule has 2 rings (SSSR count). The summed E-state index contributed by atoms with van der Waals surface area (Å²) in [4.78, 5) is 26.8. The second kappa shape index (κ2) is 5.77. The predicted molar refractivity (Wildman–Crippen MR) is 66.7 cm³/mol. The van der Waals surface area contributed by atoms with Crippen LogP contribution in [0.15, 0.2) is 12.3 Å². The molecule has 1 aromatic rings. The highest BCUT2D eigenvalue weighted by atomic mass is 16.6. The minimum Gasteiger partial charge on any atom is -0.353 e. The first kappa shape index (κ1) is 12.8. The molecule has 0 aromatic carbocycles. The molecular formula is C12H17N3O3. The second-order valence-electron chi connectivity index (χ2n) is 4.64. The molecule has 0 bridgehead atoms. The maximum Gasteiger partial charge on any atom is 0.287 e. The molecular weight excluding hydrogens is 234 g/mol. The molecule has 6 nitrogen and oxygen atoms in total. The van der Waals surface area contributed by atoms with E-state index < -0.39 is 4.92 Å². The smallest absolute Gasteiger partial charge is 0.287 e. The molecule has 0 spiro atoms. The highest BCUT2D eigenvalue weighted by Crippen LogP contribution is 2.14. The number of H-pyrrole nitrogens is 1. The average molecular weight is 251 g/mol. The van der Waals surface area contributed by atoms with Crippen LogP contribution in [0, 0.1) is 10.1 Å². The maximum atomic E-state index is 12.0. The zero-order valence-electron chi connectivity index (χ0n) is 10.2. The van der Waals surface area contributed by atoms with Crippen LogP contribution in [0.4, 0.5) is 5.69 Å². The molecule has 0 radical (unpaired) electrons. The van der Waals surface area contributed by atoms with Crippen molar-refractivity contribution in [2.24, 2.45) is 0 Å². The SMILES string of the molecule is O=C(CN1CCCCCC1)c1cc([N+](=O)[O-])c[nH]1. The van der Waals surface area contributed by atoms with Gasteiger partial charge in [0, 0.05) is 6.07 Å². The van der Waals surface area contributed by atoms with Gasteiger partial charge < -0.3 is 4.98 Å². The van der Waals surface area contributed by atoms with E-state index in [1.54, 1.807) is 0 Å². The molecule has 1 fully saturated rings. The highest BCUT2D eigenvalue weighted by Gasteiger charge is 2.18. The zero-order valence-corrected chi connectivity index (χ0v) is 10.2. The summed E-state index contributed by atoms with van der Waals surface area (Å²) in [5.41, 5.74) is 0.264. The van der Waals surface area contributed by atoms with E-state index in [4.69, 9.17) is 0 Å². The normalized spacial score (nSPS) is 17.3. The number of nitrogens with zero attached hydrogens (tertiary/aromatic N) is 2. The van der Waals surface area contributed by atoms with E-state index in [2.05, 4.69) is 9.88 Å². The van der Waals surface area contributed by atoms with Crippen LogP contribution in [-0.2, 0) is 0 Å². The fourth-order valence-electron chi connectivity index (χ4n) is 2.23. The van der Waals surface area contributed by atoms with Gasteiger partial charge in [-0.05, 0) is 25.9 Å². The van der Waals surface area contributed by atoms with E-state index in [-0.39, 0.29) is 11.5 Å². The van der Waals surface area contributed by atoms with Crippen molar-refractivity contribution in [3.05, 3.63) is 28.1 Å². The number of carbonyl (C=O) groups excluding carboxylic acids is 1. The van der Waals surface area contributed by atoms with Crippen molar-refractivity contribution in [2.45, 2.75) is 25.7 Å². The summed E-state index contributed by atoms with van der Waals surface area (Å²) in [6.07, 6.45) is 5.95. The van der Waals surface area contributed by atoms with E-state index in [9.17, 15) is 14.9 Å². The molecule has 1 aliphatic heterocycles. The van der Waals surface area contributed by atoms with E-state index in [0.717, 1.165) is 25.9 Å². The Labute approximate surface area is 105 Å². The van der Waals surface area contributed by atoms with Gasteiger partial charge in [-0.25, -0.2) is 0 Å². The fraction of sp³-hybridized carbons (Fsp3) is 0.583. The van der Waals surface area contributed by atoms with Crippen LogP contribution in [0.2, 0.25) is 0 Å². The van der Waals surface area contributed by atoms with Gasteiger partial charge in [0.25, 0.3) is 5.69 Å². The number of likely N-dealkylation sites (tertiary alicyclic amines) is 1. The van der Waals surface area contributed by atoms with Crippen molar-refractivity contribution >= 4 is 11.5 Å². The fourth-order valence-corrected chi connectivity index (χ4v) is 2.23. The molecule has 1 aromatic heterocycles. The standard InChI is InChI=1S/C12H17N3O3/c16-12(9-14-5-3-1-2-4-6-14)11-7-10(8-13-11)15(17)18/h7-8,13H,1-6,9H2. The first-order valence-corrected chi connectivity index (χ1v) is 6.25. The van der Waals surface area contributed by atoms with Gasteiger partial charge in [0.1, 0.15) is 0 Å². The van der Waals surface area contributed by atoms with Crippen LogP contribution >= 0.6 is 0 Å². The molecule has 1 saturated heterocycles. The average Bonchev–Trinajstić information content (AvgIpc) is 2.70. The van der Waals surface area contributed by atoms with E-state index in [1.807, 2.05) is 0 Å². The summed E-state index contributed by atoms with van der Waals surface area (Å²) in [5, 5.41) is 10.5. The van der Waals surface area contributed by atoms with E-state index in [0.29, 0.717) is 12.2 Å². The van der Waals surface area contributed by atoms with Crippen molar-refractivity contribution in [3.8, 4) is 0 Å². The van der Waals surface area contributed by atoms with Crippen LogP contribution in [0.25, 0.3) is 0 Å². The van der Waals surface area contributed by atoms with Crippen LogP contribution in [0.3, 0.4) is 0 Å². The number of carbonyl (C=O) groups is 1. The van der Waals surface area contributed by atoms with E-state index in [1.165, 1.54) is 25.1 Å². The van der Waals surface area contributed by atoms with Gasteiger partial charge in [0.15, 0.2) is 5.78 Å². The molecule has 0 aliphatic carbocycles. The third kappa shape index (κ3) is 3.16. The molecule has 1 N–H and O–H groups in total. The number of rotatable bonds is 4. The number of Topliss-reactive ketones (excluding diaryl/α,β-unsaturated/α-hetero) is 1. The molecule has 1 aliphatic rings. The Morgan fingerprint density at radius 3 is 2.56 bits per heavy atom. The number of nitrogens with one attached hydrogen (secondary N) is 1. The van der Waals surface area contributed by atoms with Crippen molar-refractivity contribution in [3.63, 3.8) is 0 Å². The molecule has 6 heteroatoms. The molecule has 0 amide bonds. The maximum absolute atomic E-state index is 12.0. The summed E-state index contributed by atoms with van der Waals surface area (Å²) in [6, 6.07) is 1.31. The first-order chi connectivity index (χ1) is 8.66. The Morgan fingerprint density at radius 2 is 2.00 bits per heavy atom. The first-order valence-electron chi connectivity index (χ1n) is 6.25. The molecule has 0 saturated carbocycles. The Kier molecular flexibility index (Phi) is 4.09. The van der Waals surface area contributed by atoms with Crippen molar-refractivity contribution in [1.82, 2.24) is 9.88 Å². The number of aromatic amines is 1. The quantitative estimate of drug-likeness (QED) is 0.504. The van der Waals surface area contributed by atoms with Crippen molar-refractivity contribution in [1.29, 1.82) is 0 Å². The van der Waals surface area contributed by atoms with E-state index >= 15 is 0 Å². The van der Waals surface area contributed by atoms with Gasteiger partial charge >= 0.3 is 0 Å². The lowest BCUT2D eigenvalue weighted by Crippen LogP contribution is -2.30. The molecule has 0 atom stereocenters. The molecule has 18 heavy (non-hydrogen) atoms. The Morgan fingerprint density at radius 1 is 1.33 bits per heavy atom. The van der Waals surface area contributed by atoms with Gasteiger partial charge in [-0.2, -0.15) is 0 Å². The number of ketones is 1. The van der Waals surface area contributed by atoms with Crippen LogP contribution in [-0.4, -0.2) is 40.2 Å². The van der Waals surface area contributed by atoms with Crippen molar-refractivity contribution in [2.75, 3.05) is 19.6 Å². The lowest BCUT2D eigenvalue weighted by atomic mass is 10.2. The van der Waals surface area contributed by atoms with Gasteiger partial charge in [0.2, 0.25) is 0 Å². The van der Waals surface area contributed by atoms with Gasteiger partial charge in [-0.15, -0.1) is 0 Å². The van der Waals surface area contributed by atoms with Gasteiger partial charge in [-0.3, -0.25) is 19.8 Å². The monoisotopic (exact) mass is 251 g/mol. The third-order valence-electron chi connectivity index (χ3n) is 3.24. The van der Waals surface area contributed by atoms with Gasteiger partial charge in [0.05, 0.1) is 23.4 Å². The Hall–Kier alpha value is -1.69. The number of hydrogen-bond donors (Lipinski definition) is 1.